The second-order valence-corrected chi connectivity index (χ2v) is 5.21. The highest BCUT2D eigenvalue weighted by molar-refractivity contribution is 5.56. The standard InChI is InChI=1S/C12H22O11/c13-1-4(15)7(17)8(18)5(16)3-22-12-11(21)10(20)9(19)6(2-14)23-12/h1,4-12,14-21H,2-3H2/t4-,5+,6-,7-,8+,9-,10+,11-,12-/m0/s1. The smallest absolute Gasteiger partial charge is 0.186 e. The summed E-state index contributed by atoms with van der Waals surface area (Å²) < 4.78 is 9.94. The van der Waals surface area contributed by atoms with Crippen LogP contribution in [0, 0.1) is 0 Å². The Bertz CT molecular complexity index is 365. The number of aldehydes is 1. The third-order valence-electron chi connectivity index (χ3n) is 3.51. The van der Waals surface area contributed by atoms with E-state index in [9.17, 15) is 35.4 Å². The normalized spacial score (nSPS) is 37.0. The summed E-state index contributed by atoms with van der Waals surface area (Å²) in [6.45, 7) is -1.37. The number of hydrogen-bond donors (Lipinski definition) is 8. The molecule has 0 unspecified atom stereocenters. The Morgan fingerprint density at radius 3 is 2.13 bits per heavy atom. The van der Waals surface area contributed by atoms with Crippen molar-refractivity contribution in [2.75, 3.05) is 13.2 Å². The molecule has 1 saturated heterocycles. The number of rotatable bonds is 8. The maximum absolute atomic E-state index is 10.3. The number of aliphatic hydroxyl groups excluding tert-OH is 8. The van der Waals surface area contributed by atoms with E-state index in [0.29, 0.717) is 0 Å². The fraction of sp³-hybridized carbons (Fsp3) is 0.917. The van der Waals surface area contributed by atoms with Crippen LogP contribution in [0.3, 0.4) is 0 Å². The second-order valence-electron chi connectivity index (χ2n) is 5.21. The van der Waals surface area contributed by atoms with Crippen molar-refractivity contribution in [3.05, 3.63) is 0 Å². The molecule has 1 rings (SSSR count). The van der Waals surface area contributed by atoms with E-state index in [4.69, 9.17) is 19.7 Å². The summed E-state index contributed by atoms with van der Waals surface area (Å²) in [6.07, 6.45) is -15.3. The van der Waals surface area contributed by atoms with Crippen molar-refractivity contribution in [3.63, 3.8) is 0 Å². The molecule has 0 saturated carbocycles. The van der Waals surface area contributed by atoms with Crippen molar-refractivity contribution in [2.24, 2.45) is 0 Å². The van der Waals surface area contributed by atoms with Gasteiger partial charge in [-0.1, -0.05) is 0 Å². The fourth-order valence-corrected chi connectivity index (χ4v) is 2.01. The minimum absolute atomic E-state index is 0.0287. The van der Waals surface area contributed by atoms with E-state index in [1.54, 1.807) is 0 Å². The molecule has 1 heterocycles. The molecule has 1 fully saturated rings. The first-order valence-corrected chi connectivity index (χ1v) is 6.84. The average Bonchev–Trinajstić information content (AvgIpc) is 2.56. The summed E-state index contributed by atoms with van der Waals surface area (Å²) in [6, 6.07) is 0. The second kappa shape index (κ2) is 8.94. The zero-order valence-corrected chi connectivity index (χ0v) is 12.0. The molecule has 0 aromatic carbocycles. The molecule has 8 N–H and O–H groups in total. The predicted octanol–water partition coefficient (Wildman–Crippen LogP) is -5.55. The molecule has 136 valence electrons. The number of hydrogen-bond acceptors (Lipinski definition) is 11. The fourth-order valence-electron chi connectivity index (χ4n) is 2.01. The molecule has 0 aromatic heterocycles. The summed E-state index contributed by atoms with van der Waals surface area (Å²) in [7, 11) is 0. The maximum atomic E-state index is 10.3. The monoisotopic (exact) mass is 342 g/mol. The third-order valence-corrected chi connectivity index (χ3v) is 3.51. The first-order valence-electron chi connectivity index (χ1n) is 6.84. The average molecular weight is 342 g/mol. The minimum Gasteiger partial charge on any atom is -0.394 e. The SMILES string of the molecule is O=C[C@H](O)[C@H](O)[C@H](O)[C@H](O)CO[C@H]1O[C@@H](CO)[C@H](O)[C@@H](O)[C@@H]1O. The van der Waals surface area contributed by atoms with E-state index in [1.165, 1.54) is 0 Å². The summed E-state index contributed by atoms with van der Waals surface area (Å²) in [4.78, 5) is 10.3. The molecule has 0 aromatic rings. The molecule has 1 aliphatic heterocycles. The van der Waals surface area contributed by atoms with Crippen molar-refractivity contribution >= 4 is 6.29 Å². The molecular weight excluding hydrogens is 320 g/mol. The first kappa shape index (κ1) is 20.3. The van der Waals surface area contributed by atoms with Gasteiger partial charge in [0, 0.05) is 0 Å². The highest BCUT2D eigenvalue weighted by Crippen LogP contribution is 2.22. The molecule has 0 radical (unpaired) electrons. The summed E-state index contributed by atoms with van der Waals surface area (Å²) in [5.74, 6) is 0. The minimum atomic E-state index is -1.96. The molecule has 0 aliphatic carbocycles. The number of carbonyl (C=O) groups is 1. The molecule has 11 nitrogen and oxygen atoms in total. The van der Waals surface area contributed by atoms with Crippen molar-refractivity contribution in [3.8, 4) is 0 Å². The zero-order valence-electron chi connectivity index (χ0n) is 12.0. The van der Waals surface area contributed by atoms with Crippen LogP contribution in [0.2, 0.25) is 0 Å². The van der Waals surface area contributed by atoms with Crippen LogP contribution in [-0.4, -0.2) is 115 Å². The Hall–Kier alpha value is -0.730. The molecule has 0 spiro atoms. The van der Waals surface area contributed by atoms with Gasteiger partial charge in [-0.25, -0.2) is 0 Å². The van der Waals surface area contributed by atoms with Gasteiger partial charge in [0.1, 0.15) is 48.8 Å². The lowest BCUT2D eigenvalue weighted by Gasteiger charge is -2.40. The number of carbonyl (C=O) groups excluding carboxylic acids is 1. The molecule has 23 heavy (non-hydrogen) atoms. The molecule has 11 heteroatoms. The molecule has 1 aliphatic rings. The Labute approximate surface area is 130 Å². The van der Waals surface area contributed by atoms with Gasteiger partial charge >= 0.3 is 0 Å². The lowest BCUT2D eigenvalue weighted by molar-refractivity contribution is -0.306. The van der Waals surface area contributed by atoms with Gasteiger partial charge in [0.2, 0.25) is 0 Å². The highest BCUT2D eigenvalue weighted by atomic mass is 16.7. The topological polar surface area (TPSA) is 197 Å². The number of aliphatic hydroxyl groups is 8. The van der Waals surface area contributed by atoms with Gasteiger partial charge in [0.15, 0.2) is 12.6 Å². The molecule has 0 bridgehead atoms. The van der Waals surface area contributed by atoms with Gasteiger partial charge in [-0.3, -0.25) is 0 Å². The Morgan fingerprint density at radius 1 is 1.00 bits per heavy atom. The van der Waals surface area contributed by atoms with Crippen LogP contribution in [-0.2, 0) is 14.3 Å². The summed E-state index contributed by atoms with van der Waals surface area (Å²) in [5.41, 5.74) is 0. The lowest BCUT2D eigenvalue weighted by Crippen LogP contribution is -2.59. The van der Waals surface area contributed by atoms with Crippen LogP contribution >= 0.6 is 0 Å². The number of ether oxygens (including phenoxy) is 2. The van der Waals surface area contributed by atoms with Gasteiger partial charge in [0.05, 0.1) is 13.2 Å². The van der Waals surface area contributed by atoms with Gasteiger partial charge in [-0.15, -0.1) is 0 Å². The lowest BCUT2D eigenvalue weighted by atomic mass is 9.99. The predicted molar refractivity (Wildman–Crippen MR) is 69.8 cm³/mol. The molecular formula is C12H22O11. The maximum Gasteiger partial charge on any atom is 0.186 e. The van der Waals surface area contributed by atoms with Gasteiger partial charge in [0.25, 0.3) is 0 Å². The Morgan fingerprint density at radius 2 is 1.61 bits per heavy atom. The van der Waals surface area contributed by atoms with E-state index in [1.807, 2.05) is 0 Å². The molecule has 0 amide bonds. The largest absolute Gasteiger partial charge is 0.394 e. The van der Waals surface area contributed by atoms with Crippen LogP contribution in [0.4, 0.5) is 0 Å². The van der Waals surface area contributed by atoms with Crippen LogP contribution in [0.1, 0.15) is 0 Å². The van der Waals surface area contributed by atoms with Crippen molar-refractivity contribution < 1.29 is 55.1 Å². The first-order chi connectivity index (χ1) is 10.7. The van der Waals surface area contributed by atoms with Crippen LogP contribution in [0.5, 0.6) is 0 Å². The van der Waals surface area contributed by atoms with E-state index in [2.05, 4.69) is 0 Å². The van der Waals surface area contributed by atoms with E-state index < -0.39 is 68.3 Å². The quantitative estimate of drug-likeness (QED) is 0.196. The van der Waals surface area contributed by atoms with Crippen molar-refractivity contribution in [1.29, 1.82) is 0 Å². The summed E-state index contributed by atoms with van der Waals surface area (Å²) in [5, 5.41) is 75.4. The van der Waals surface area contributed by atoms with E-state index in [-0.39, 0.29) is 6.29 Å². The van der Waals surface area contributed by atoms with Gasteiger partial charge < -0.3 is 55.1 Å². The Balaban J connectivity index is 2.57. The third kappa shape index (κ3) is 4.87. The van der Waals surface area contributed by atoms with Crippen LogP contribution in [0.25, 0.3) is 0 Å². The van der Waals surface area contributed by atoms with Gasteiger partial charge in [-0.05, 0) is 0 Å². The van der Waals surface area contributed by atoms with E-state index >= 15 is 0 Å². The highest BCUT2D eigenvalue weighted by Gasteiger charge is 2.44. The van der Waals surface area contributed by atoms with Crippen LogP contribution in [0.15, 0.2) is 0 Å². The molecule has 9 atom stereocenters. The van der Waals surface area contributed by atoms with Crippen molar-refractivity contribution in [2.45, 2.75) is 55.1 Å². The summed E-state index contributed by atoms with van der Waals surface area (Å²) >= 11 is 0. The Kier molecular flexibility index (Phi) is 7.89. The van der Waals surface area contributed by atoms with Gasteiger partial charge in [-0.2, -0.15) is 0 Å². The van der Waals surface area contributed by atoms with E-state index in [0.717, 1.165) is 0 Å². The van der Waals surface area contributed by atoms with Crippen molar-refractivity contribution in [1.82, 2.24) is 0 Å². The zero-order chi connectivity index (χ0) is 17.7. The van der Waals surface area contributed by atoms with Crippen LogP contribution < -0.4 is 0 Å².